The van der Waals surface area contributed by atoms with E-state index in [0.717, 1.165) is 11.1 Å². The van der Waals surface area contributed by atoms with Gasteiger partial charge in [-0.15, -0.1) is 0 Å². The molecule has 0 bridgehead atoms. The van der Waals surface area contributed by atoms with Crippen LogP contribution in [0, 0.1) is 6.92 Å². The fourth-order valence-corrected chi connectivity index (χ4v) is 2.47. The molecule has 0 heterocycles. The van der Waals surface area contributed by atoms with E-state index in [1.807, 2.05) is 6.92 Å². The van der Waals surface area contributed by atoms with E-state index >= 15 is 0 Å². The molecule has 0 amide bonds. The molecule has 19 heavy (non-hydrogen) atoms. The van der Waals surface area contributed by atoms with Crippen molar-refractivity contribution >= 4 is 16.2 Å². The van der Waals surface area contributed by atoms with Crippen LogP contribution in [-0.4, -0.2) is 8.42 Å². The molecule has 0 aliphatic carbocycles. The first-order valence-electron chi connectivity index (χ1n) is 5.75. The molecule has 0 aromatic heterocycles. The molecule has 0 atom stereocenters. The van der Waals surface area contributed by atoms with Crippen molar-refractivity contribution in [3.63, 3.8) is 0 Å². The zero-order valence-electron chi connectivity index (χ0n) is 10.5. The molecule has 0 aliphatic rings. The van der Waals surface area contributed by atoms with Gasteiger partial charge in [-0.05, 0) is 36.8 Å². The molecule has 3 nitrogen and oxygen atoms in total. The van der Waals surface area contributed by atoms with E-state index in [2.05, 4.69) is 6.58 Å². The summed E-state index contributed by atoms with van der Waals surface area (Å²) in [7, 11) is -3.78. The van der Waals surface area contributed by atoms with E-state index in [9.17, 15) is 8.42 Å². The fourth-order valence-electron chi connectivity index (χ4n) is 1.54. The Morgan fingerprint density at radius 1 is 1.00 bits per heavy atom. The SMILES string of the molecule is C=Cc1ccc(OS(=O)(=O)c2ccc(C)cc2)cc1. The third kappa shape index (κ3) is 3.23. The quantitative estimate of drug-likeness (QED) is 0.802. The Kier molecular flexibility index (Phi) is 3.71. The molecule has 0 N–H and O–H groups in total. The van der Waals surface area contributed by atoms with Crippen LogP contribution in [0.2, 0.25) is 0 Å². The van der Waals surface area contributed by atoms with Crippen molar-refractivity contribution < 1.29 is 12.6 Å². The Hall–Kier alpha value is -2.07. The largest absolute Gasteiger partial charge is 0.379 e. The van der Waals surface area contributed by atoms with Gasteiger partial charge < -0.3 is 4.18 Å². The Morgan fingerprint density at radius 3 is 2.11 bits per heavy atom. The summed E-state index contributed by atoms with van der Waals surface area (Å²) in [5.74, 6) is 0.283. The molecular weight excluding hydrogens is 260 g/mol. The average molecular weight is 274 g/mol. The second-order valence-corrected chi connectivity index (χ2v) is 5.67. The van der Waals surface area contributed by atoms with Crippen molar-refractivity contribution in [2.75, 3.05) is 0 Å². The van der Waals surface area contributed by atoms with E-state index in [1.54, 1.807) is 42.5 Å². The van der Waals surface area contributed by atoms with Crippen molar-refractivity contribution in [1.29, 1.82) is 0 Å². The fraction of sp³-hybridized carbons (Fsp3) is 0.0667. The molecule has 0 radical (unpaired) electrons. The number of benzene rings is 2. The van der Waals surface area contributed by atoms with Gasteiger partial charge in [-0.3, -0.25) is 0 Å². The van der Waals surface area contributed by atoms with Crippen LogP contribution in [-0.2, 0) is 10.1 Å². The lowest BCUT2D eigenvalue weighted by atomic mass is 10.2. The minimum absolute atomic E-state index is 0.144. The van der Waals surface area contributed by atoms with Crippen LogP contribution in [0.5, 0.6) is 5.75 Å². The summed E-state index contributed by atoms with van der Waals surface area (Å²) in [4.78, 5) is 0.144. The van der Waals surface area contributed by atoms with Gasteiger partial charge in [-0.1, -0.05) is 42.5 Å². The third-order valence-electron chi connectivity index (χ3n) is 2.63. The lowest BCUT2D eigenvalue weighted by molar-refractivity contribution is 0.486. The van der Waals surface area contributed by atoms with Crippen LogP contribution in [0.3, 0.4) is 0 Å². The minimum Gasteiger partial charge on any atom is -0.379 e. The average Bonchev–Trinajstić information content (AvgIpc) is 2.40. The minimum atomic E-state index is -3.78. The van der Waals surface area contributed by atoms with E-state index in [-0.39, 0.29) is 10.6 Å². The Balaban J connectivity index is 2.25. The summed E-state index contributed by atoms with van der Waals surface area (Å²) < 4.78 is 29.1. The lowest BCUT2D eigenvalue weighted by Gasteiger charge is -2.07. The Morgan fingerprint density at radius 2 is 1.58 bits per heavy atom. The van der Waals surface area contributed by atoms with E-state index < -0.39 is 10.1 Å². The predicted octanol–water partition coefficient (Wildman–Crippen LogP) is 3.41. The molecule has 0 spiro atoms. The first-order chi connectivity index (χ1) is 9.01. The molecule has 2 aromatic carbocycles. The van der Waals surface area contributed by atoms with Crippen molar-refractivity contribution in [1.82, 2.24) is 0 Å². The third-order valence-corrected chi connectivity index (χ3v) is 3.89. The highest BCUT2D eigenvalue weighted by Gasteiger charge is 2.15. The van der Waals surface area contributed by atoms with Crippen LogP contribution >= 0.6 is 0 Å². The zero-order valence-corrected chi connectivity index (χ0v) is 11.4. The maximum Gasteiger partial charge on any atom is 0.339 e. The van der Waals surface area contributed by atoms with Crippen LogP contribution in [0.4, 0.5) is 0 Å². The molecule has 98 valence electrons. The summed E-state index contributed by atoms with van der Waals surface area (Å²) in [6.45, 7) is 5.53. The maximum atomic E-state index is 12.0. The molecule has 4 heteroatoms. The Bertz CT molecular complexity index is 668. The topological polar surface area (TPSA) is 43.4 Å². The molecule has 0 saturated heterocycles. The van der Waals surface area contributed by atoms with Crippen LogP contribution < -0.4 is 4.18 Å². The molecule has 2 rings (SSSR count). The van der Waals surface area contributed by atoms with Crippen molar-refractivity contribution in [3.05, 3.63) is 66.2 Å². The molecule has 0 saturated carbocycles. The van der Waals surface area contributed by atoms with Gasteiger partial charge in [0.05, 0.1) is 0 Å². The lowest BCUT2D eigenvalue weighted by Crippen LogP contribution is -2.09. The summed E-state index contributed by atoms with van der Waals surface area (Å²) in [6.07, 6.45) is 1.68. The van der Waals surface area contributed by atoms with Crippen LogP contribution in [0.15, 0.2) is 60.0 Å². The summed E-state index contributed by atoms with van der Waals surface area (Å²) in [5.41, 5.74) is 1.90. The van der Waals surface area contributed by atoms with Crippen LogP contribution in [0.25, 0.3) is 6.08 Å². The molecule has 0 aliphatic heterocycles. The first-order valence-corrected chi connectivity index (χ1v) is 7.16. The van der Waals surface area contributed by atoms with Crippen molar-refractivity contribution in [2.45, 2.75) is 11.8 Å². The number of hydrogen-bond donors (Lipinski definition) is 0. The van der Waals surface area contributed by atoms with Gasteiger partial charge in [0, 0.05) is 0 Å². The summed E-state index contributed by atoms with van der Waals surface area (Å²) in [5, 5.41) is 0. The predicted molar refractivity (Wildman–Crippen MR) is 75.5 cm³/mol. The monoisotopic (exact) mass is 274 g/mol. The zero-order chi connectivity index (χ0) is 13.9. The number of rotatable bonds is 4. The van der Waals surface area contributed by atoms with Gasteiger partial charge >= 0.3 is 10.1 Å². The number of aryl methyl sites for hydroxylation is 1. The highest BCUT2D eigenvalue weighted by molar-refractivity contribution is 7.87. The standard InChI is InChI=1S/C15H14O3S/c1-3-13-6-8-14(9-7-13)18-19(16,17)15-10-4-12(2)5-11-15/h3-11H,1H2,2H3. The molecular formula is C15H14O3S. The smallest absolute Gasteiger partial charge is 0.339 e. The highest BCUT2D eigenvalue weighted by Crippen LogP contribution is 2.19. The van der Waals surface area contributed by atoms with Gasteiger partial charge in [0.1, 0.15) is 10.6 Å². The molecule has 2 aromatic rings. The first kappa shape index (κ1) is 13.4. The molecule has 0 unspecified atom stereocenters. The van der Waals surface area contributed by atoms with E-state index in [0.29, 0.717) is 0 Å². The second-order valence-electron chi connectivity index (χ2n) is 4.12. The van der Waals surface area contributed by atoms with Gasteiger partial charge in [0.25, 0.3) is 0 Å². The normalized spacial score (nSPS) is 11.0. The van der Waals surface area contributed by atoms with Crippen molar-refractivity contribution in [2.24, 2.45) is 0 Å². The molecule has 0 fully saturated rings. The Labute approximate surface area is 113 Å². The summed E-state index contributed by atoms with van der Waals surface area (Å²) >= 11 is 0. The highest BCUT2D eigenvalue weighted by atomic mass is 32.2. The number of hydrogen-bond acceptors (Lipinski definition) is 3. The second kappa shape index (κ2) is 5.28. The summed E-state index contributed by atoms with van der Waals surface area (Å²) in [6, 6.07) is 13.2. The van der Waals surface area contributed by atoms with Crippen molar-refractivity contribution in [3.8, 4) is 5.75 Å². The van der Waals surface area contributed by atoms with Gasteiger partial charge in [-0.25, -0.2) is 0 Å². The van der Waals surface area contributed by atoms with Gasteiger partial charge in [0.15, 0.2) is 0 Å². The van der Waals surface area contributed by atoms with Crippen LogP contribution in [0.1, 0.15) is 11.1 Å². The van der Waals surface area contributed by atoms with E-state index in [1.165, 1.54) is 12.1 Å². The van der Waals surface area contributed by atoms with Gasteiger partial charge in [-0.2, -0.15) is 8.42 Å². The maximum absolute atomic E-state index is 12.0. The van der Waals surface area contributed by atoms with Gasteiger partial charge in [0.2, 0.25) is 0 Å². The van der Waals surface area contributed by atoms with E-state index in [4.69, 9.17) is 4.18 Å².